The second kappa shape index (κ2) is 6.82. The van der Waals surface area contributed by atoms with E-state index >= 15 is 0 Å². The highest BCUT2D eigenvalue weighted by molar-refractivity contribution is 5.94. The van der Waals surface area contributed by atoms with E-state index in [1.54, 1.807) is 18.0 Å². The van der Waals surface area contributed by atoms with Gasteiger partial charge in [-0.2, -0.15) is 10.4 Å². The zero-order valence-corrected chi connectivity index (χ0v) is 12.2. The van der Waals surface area contributed by atoms with Gasteiger partial charge in [0.15, 0.2) is 5.78 Å². The Kier molecular flexibility index (Phi) is 4.85. The third-order valence-corrected chi connectivity index (χ3v) is 3.25. The molecule has 108 valence electrons. The first-order valence-electron chi connectivity index (χ1n) is 6.65. The third kappa shape index (κ3) is 3.56. The van der Waals surface area contributed by atoms with E-state index in [0.29, 0.717) is 25.1 Å². The van der Waals surface area contributed by atoms with Gasteiger partial charge in [0, 0.05) is 7.11 Å². The van der Waals surface area contributed by atoms with E-state index in [4.69, 9.17) is 10.00 Å². The molecule has 0 saturated heterocycles. The van der Waals surface area contributed by atoms with Gasteiger partial charge in [-0.15, -0.1) is 0 Å². The second-order valence-corrected chi connectivity index (χ2v) is 4.80. The molecule has 0 radical (unpaired) electrons. The average molecular weight is 283 g/mol. The number of ketones is 1. The SMILES string of the molecule is COCc1c(C(C)=O)cnn1Cc1ccc(CC#N)cc1. The molecule has 0 N–H and O–H groups in total. The fourth-order valence-corrected chi connectivity index (χ4v) is 2.16. The molecule has 0 unspecified atom stereocenters. The number of methoxy groups -OCH3 is 1. The topological polar surface area (TPSA) is 67.9 Å². The fourth-order valence-electron chi connectivity index (χ4n) is 2.16. The second-order valence-electron chi connectivity index (χ2n) is 4.80. The van der Waals surface area contributed by atoms with E-state index in [-0.39, 0.29) is 5.78 Å². The molecular weight excluding hydrogens is 266 g/mol. The number of hydrogen-bond donors (Lipinski definition) is 0. The first kappa shape index (κ1) is 14.9. The van der Waals surface area contributed by atoms with Crippen molar-refractivity contribution in [3.05, 3.63) is 52.8 Å². The number of nitrogens with zero attached hydrogens (tertiary/aromatic N) is 3. The first-order valence-corrected chi connectivity index (χ1v) is 6.65. The highest BCUT2D eigenvalue weighted by Gasteiger charge is 2.14. The Balaban J connectivity index is 2.22. The fraction of sp³-hybridized carbons (Fsp3) is 0.312. The lowest BCUT2D eigenvalue weighted by molar-refractivity contribution is 0.101. The van der Waals surface area contributed by atoms with E-state index in [2.05, 4.69) is 11.2 Å². The van der Waals surface area contributed by atoms with Crippen molar-refractivity contribution in [2.24, 2.45) is 0 Å². The van der Waals surface area contributed by atoms with Crippen LogP contribution in [0.15, 0.2) is 30.5 Å². The van der Waals surface area contributed by atoms with Crippen molar-refractivity contribution >= 4 is 5.78 Å². The number of aromatic nitrogens is 2. The van der Waals surface area contributed by atoms with Gasteiger partial charge in [0.05, 0.1) is 43.1 Å². The molecule has 2 aromatic rings. The summed E-state index contributed by atoms with van der Waals surface area (Å²) in [5.74, 6) is -0.0160. The number of benzene rings is 1. The van der Waals surface area contributed by atoms with Crippen LogP contribution in [0.5, 0.6) is 0 Å². The van der Waals surface area contributed by atoms with E-state index in [1.165, 1.54) is 6.92 Å². The van der Waals surface area contributed by atoms with E-state index in [1.807, 2.05) is 24.3 Å². The number of Topliss-reactive ketones (excluding diaryl/α,β-unsaturated/α-hetero) is 1. The van der Waals surface area contributed by atoms with Crippen molar-refractivity contribution in [3.63, 3.8) is 0 Å². The Bertz CT molecular complexity index is 666. The van der Waals surface area contributed by atoms with Crippen molar-refractivity contribution in [2.45, 2.75) is 26.5 Å². The van der Waals surface area contributed by atoms with Crippen LogP contribution in [0.4, 0.5) is 0 Å². The number of ether oxygens (including phenoxy) is 1. The Morgan fingerprint density at radius 1 is 1.33 bits per heavy atom. The van der Waals surface area contributed by atoms with Crippen molar-refractivity contribution in [1.82, 2.24) is 9.78 Å². The smallest absolute Gasteiger partial charge is 0.163 e. The molecule has 1 aromatic heterocycles. The van der Waals surface area contributed by atoms with Crippen LogP contribution in [0.3, 0.4) is 0 Å². The Morgan fingerprint density at radius 2 is 2.00 bits per heavy atom. The molecule has 0 saturated carbocycles. The zero-order valence-electron chi connectivity index (χ0n) is 12.2. The molecule has 0 spiro atoms. The molecule has 5 heteroatoms. The molecule has 0 aliphatic rings. The number of carbonyl (C=O) groups excluding carboxylic acids is 1. The molecule has 1 heterocycles. The molecule has 5 nitrogen and oxygen atoms in total. The normalized spacial score (nSPS) is 10.3. The lowest BCUT2D eigenvalue weighted by Crippen LogP contribution is -2.09. The maximum Gasteiger partial charge on any atom is 0.163 e. The molecule has 0 amide bonds. The van der Waals surface area contributed by atoms with Crippen LogP contribution in [-0.2, 0) is 24.3 Å². The summed E-state index contributed by atoms with van der Waals surface area (Å²) in [6.07, 6.45) is 1.99. The summed E-state index contributed by atoms with van der Waals surface area (Å²) in [6, 6.07) is 9.93. The van der Waals surface area contributed by atoms with Gasteiger partial charge in [-0.1, -0.05) is 24.3 Å². The summed E-state index contributed by atoms with van der Waals surface area (Å²) < 4.78 is 6.93. The van der Waals surface area contributed by atoms with Gasteiger partial charge in [-0.05, 0) is 18.1 Å². The minimum Gasteiger partial charge on any atom is -0.378 e. The summed E-state index contributed by atoms with van der Waals surface area (Å²) >= 11 is 0. The van der Waals surface area contributed by atoms with E-state index in [0.717, 1.165) is 16.8 Å². The summed E-state index contributed by atoms with van der Waals surface area (Å²) in [5.41, 5.74) is 3.43. The highest BCUT2D eigenvalue weighted by Crippen LogP contribution is 2.14. The lowest BCUT2D eigenvalue weighted by Gasteiger charge is -2.08. The zero-order chi connectivity index (χ0) is 15.2. The summed E-state index contributed by atoms with van der Waals surface area (Å²) in [5, 5.41) is 12.9. The minimum atomic E-state index is -0.0160. The van der Waals surface area contributed by atoms with Crippen LogP contribution in [0.1, 0.15) is 34.1 Å². The van der Waals surface area contributed by atoms with Crippen LogP contribution in [0, 0.1) is 11.3 Å². The van der Waals surface area contributed by atoms with Crippen LogP contribution < -0.4 is 0 Å². The highest BCUT2D eigenvalue weighted by atomic mass is 16.5. The van der Waals surface area contributed by atoms with Gasteiger partial charge in [0.1, 0.15) is 0 Å². The van der Waals surface area contributed by atoms with Gasteiger partial charge < -0.3 is 4.74 Å². The van der Waals surface area contributed by atoms with Crippen LogP contribution in [0.2, 0.25) is 0 Å². The molecule has 0 bridgehead atoms. The first-order chi connectivity index (χ1) is 10.2. The Hall–Kier alpha value is -2.45. The minimum absolute atomic E-state index is 0.0160. The summed E-state index contributed by atoms with van der Waals surface area (Å²) in [6.45, 7) is 2.44. The molecule has 0 aliphatic heterocycles. The monoisotopic (exact) mass is 283 g/mol. The van der Waals surface area contributed by atoms with Gasteiger partial charge >= 0.3 is 0 Å². The largest absolute Gasteiger partial charge is 0.378 e. The van der Waals surface area contributed by atoms with Gasteiger partial charge in [0.25, 0.3) is 0 Å². The van der Waals surface area contributed by atoms with Gasteiger partial charge in [-0.3, -0.25) is 9.48 Å². The third-order valence-electron chi connectivity index (χ3n) is 3.25. The van der Waals surface area contributed by atoms with E-state index in [9.17, 15) is 4.79 Å². The van der Waals surface area contributed by atoms with Crippen molar-refractivity contribution in [2.75, 3.05) is 7.11 Å². The lowest BCUT2D eigenvalue weighted by atomic mass is 10.1. The molecule has 1 aromatic carbocycles. The summed E-state index contributed by atoms with van der Waals surface area (Å²) in [7, 11) is 1.60. The maximum absolute atomic E-state index is 11.6. The van der Waals surface area contributed by atoms with Crippen LogP contribution in [0.25, 0.3) is 0 Å². The van der Waals surface area contributed by atoms with Gasteiger partial charge in [-0.25, -0.2) is 0 Å². The predicted molar refractivity (Wildman–Crippen MR) is 77.8 cm³/mol. The molecular formula is C16H17N3O2. The van der Waals surface area contributed by atoms with Crippen molar-refractivity contribution < 1.29 is 9.53 Å². The van der Waals surface area contributed by atoms with Gasteiger partial charge in [0.2, 0.25) is 0 Å². The molecule has 0 atom stereocenters. The van der Waals surface area contributed by atoms with E-state index < -0.39 is 0 Å². The van der Waals surface area contributed by atoms with Crippen LogP contribution in [-0.4, -0.2) is 22.7 Å². The van der Waals surface area contributed by atoms with Crippen LogP contribution >= 0.6 is 0 Å². The molecule has 0 fully saturated rings. The predicted octanol–water partition coefficient (Wildman–Crippen LogP) is 2.35. The number of nitriles is 1. The number of carbonyl (C=O) groups is 1. The van der Waals surface area contributed by atoms with Crippen molar-refractivity contribution in [3.8, 4) is 6.07 Å². The molecule has 21 heavy (non-hydrogen) atoms. The number of rotatable bonds is 6. The Morgan fingerprint density at radius 3 is 2.57 bits per heavy atom. The molecule has 2 rings (SSSR count). The van der Waals surface area contributed by atoms with Crippen molar-refractivity contribution in [1.29, 1.82) is 5.26 Å². The Labute approximate surface area is 123 Å². The quantitative estimate of drug-likeness (QED) is 0.763. The number of hydrogen-bond acceptors (Lipinski definition) is 4. The molecule has 0 aliphatic carbocycles. The standard InChI is InChI=1S/C16H17N3O2/c1-12(20)15-9-18-19(16(15)11-21-2)10-14-5-3-13(4-6-14)7-8-17/h3-6,9H,7,10-11H2,1-2H3. The average Bonchev–Trinajstić information content (AvgIpc) is 2.85. The maximum atomic E-state index is 11.6. The summed E-state index contributed by atoms with van der Waals surface area (Å²) in [4.78, 5) is 11.6.